The van der Waals surface area contributed by atoms with Gasteiger partial charge in [0, 0.05) is 6.54 Å². The van der Waals surface area contributed by atoms with Crippen molar-refractivity contribution >= 4 is 17.6 Å². The van der Waals surface area contributed by atoms with Crippen molar-refractivity contribution in [3.63, 3.8) is 0 Å². The fraction of sp³-hybridized carbons (Fsp3) is 0.292. The number of nitrogens with zero attached hydrogens (tertiary/aromatic N) is 3. The Morgan fingerprint density at radius 2 is 1.74 bits per heavy atom. The molecule has 0 saturated heterocycles. The number of aliphatic hydroxyl groups is 1. The molecule has 2 amide bonds. The molecule has 2 aromatic carbocycles. The Hall–Kier alpha value is -4.07. The van der Waals surface area contributed by atoms with Gasteiger partial charge in [-0.15, -0.1) is 0 Å². The van der Waals surface area contributed by atoms with Crippen LogP contribution in [0.1, 0.15) is 34.1 Å². The zero-order chi connectivity index (χ0) is 28.3. The van der Waals surface area contributed by atoms with Crippen molar-refractivity contribution in [2.75, 3.05) is 25.4 Å². The van der Waals surface area contributed by atoms with Gasteiger partial charge in [0.15, 0.2) is 17.2 Å². The predicted octanol–water partition coefficient (Wildman–Crippen LogP) is 3.45. The van der Waals surface area contributed by atoms with Crippen LogP contribution in [0, 0.1) is 17.5 Å². The molecule has 0 aliphatic rings. The van der Waals surface area contributed by atoms with E-state index in [-0.39, 0.29) is 30.0 Å². The van der Waals surface area contributed by atoms with Gasteiger partial charge in [-0.2, -0.15) is 18.3 Å². The lowest BCUT2D eigenvalue weighted by Crippen LogP contribution is -2.60. The third-order valence-electron chi connectivity index (χ3n) is 5.61. The average molecular weight is 543 g/mol. The molecular weight excluding hydrogens is 520 g/mol. The lowest BCUT2D eigenvalue weighted by Gasteiger charge is -2.35. The maximum Gasteiger partial charge on any atom is 0.420 e. The average Bonchev–Trinajstić information content (AvgIpc) is 3.24. The van der Waals surface area contributed by atoms with E-state index >= 15 is 0 Å². The maximum absolute atomic E-state index is 14.1. The number of hydrogen-bond donors (Lipinski definition) is 3. The van der Waals surface area contributed by atoms with Crippen LogP contribution in [-0.2, 0) is 0 Å². The highest BCUT2D eigenvalue weighted by Crippen LogP contribution is 2.32. The monoisotopic (exact) mass is 543 g/mol. The van der Waals surface area contributed by atoms with E-state index < -0.39 is 59.7 Å². The van der Waals surface area contributed by atoms with Crippen LogP contribution in [-0.4, -0.2) is 63.0 Å². The molecule has 1 unspecified atom stereocenters. The summed E-state index contributed by atoms with van der Waals surface area (Å²) in [5, 5.41) is 16.4. The highest BCUT2D eigenvalue weighted by atomic mass is 19.4. The van der Waals surface area contributed by atoms with E-state index in [2.05, 4.69) is 5.10 Å². The second-order valence-electron chi connectivity index (χ2n) is 8.37. The second kappa shape index (κ2) is 11.1. The maximum atomic E-state index is 14.1. The Bertz CT molecular complexity index is 1310. The van der Waals surface area contributed by atoms with Crippen molar-refractivity contribution in [3.8, 4) is 5.69 Å². The van der Waals surface area contributed by atoms with Crippen LogP contribution in [0.15, 0.2) is 48.7 Å². The number of carbonyl (C=O) groups is 2. The van der Waals surface area contributed by atoms with E-state index in [0.29, 0.717) is 4.90 Å². The van der Waals surface area contributed by atoms with Gasteiger partial charge in [0.25, 0.3) is 11.8 Å². The van der Waals surface area contributed by atoms with Gasteiger partial charge in [0.1, 0.15) is 17.2 Å². The molecule has 3 aromatic rings. The molecule has 0 saturated carbocycles. The number of nitrogens with one attached hydrogen (secondary N) is 1. The van der Waals surface area contributed by atoms with Crippen LogP contribution >= 0.6 is 0 Å². The molecule has 204 valence electrons. The molecule has 4 N–H and O–H groups in total. The van der Waals surface area contributed by atoms with Crippen LogP contribution in [0.4, 0.5) is 32.2 Å². The molecule has 0 aliphatic heterocycles. The molecule has 0 spiro atoms. The molecule has 0 bridgehead atoms. The molecular formula is C24H23F6N5O3. The standard InChI is InChI=1S/C24H23F6N5O3/c1-2-10-34(22(37)16-4-3-5-18(26)19(16)27)13-23(38,24(28,29)30)12-32-21(36)17-11-33-35(20(17)31)15-8-6-14(25)7-9-15/h3-9,11,38H,2,10,12-13,31H2,1H3,(H,32,36). The molecule has 1 atom stereocenters. The number of nitrogen functional groups attached to an aromatic ring is 1. The van der Waals surface area contributed by atoms with Gasteiger partial charge in [0.05, 0.1) is 30.5 Å². The van der Waals surface area contributed by atoms with E-state index in [9.17, 15) is 41.0 Å². The van der Waals surface area contributed by atoms with E-state index in [1.165, 1.54) is 19.1 Å². The van der Waals surface area contributed by atoms with E-state index in [1.54, 1.807) is 0 Å². The number of benzene rings is 2. The molecule has 0 aliphatic carbocycles. The van der Waals surface area contributed by atoms with Gasteiger partial charge in [0.2, 0.25) is 0 Å². The number of rotatable bonds is 9. The van der Waals surface area contributed by atoms with Crippen LogP contribution in [0.3, 0.4) is 0 Å². The summed E-state index contributed by atoms with van der Waals surface area (Å²) in [5.41, 5.74) is 1.35. The molecule has 38 heavy (non-hydrogen) atoms. The summed E-state index contributed by atoms with van der Waals surface area (Å²) in [6.45, 7) is -1.60. The minimum atomic E-state index is -5.35. The summed E-state index contributed by atoms with van der Waals surface area (Å²) in [6.07, 6.45) is -4.25. The van der Waals surface area contributed by atoms with Gasteiger partial charge in [-0.3, -0.25) is 9.59 Å². The highest BCUT2D eigenvalue weighted by Gasteiger charge is 2.55. The van der Waals surface area contributed by atoms with Gasteiger partial charge in [-0.05, 0) is 42.8 Å². The second-order valence-corrected chi connectivity index (χ2v) is 8.37. The SMILES string of the molecule is CCCN(CC(O)(CNC(=O)c1cnn(-c2ccc(F)cc2)c1N)C(F)(F)F)C(=O)c1cccc(F)c1F. The van der Waals surface area contributed by atoms with E-state index in [4.69, 9.17) is 5.73 Å². The van der Waals surface area contributed by atoms with Crippen molar-refractivity contribution in [3.05, 3.63) is 77.2 Å². The van der Waals surface area contributed by atoms with Crippen molar-refractivity contribution in [2.24, 2.45) is 0 Å². The Labute approximate surface area is 212 Å². The van der Waals surface area contributed by atoms with Gasteiger partial charge >= 0.3 is 6.18 Å². The lowest BCUT2D eigenvalue weighted by molar-refractivity contribution is -0.260. The van der Waals surface area contributed by atoms with Crippen LogP contribution in [0.2, 0.25) is 0 Å². The predicted molar refractivity (Wildman–Crippen MR) is 124 cm³/mol. The minimum absolute atomic E-state index is 0.127. The highest BCUT2D eigenvalue weighted by molar-refractivity contribution is 5.98. The Kier molecular flexibility index (Phi) is 8.35. The third kappa shape index (κ3) is 5.90. The molecule has 3 rings (SSSR count). The third-order valence-corrected chi connectivity index (χ3v) is 5.61. The number of alkyl halides is 3. The zero-order valence-corrected chi connectivity index (χ0v) is 19.9. The van der Waals surface area contributed by atoms with Crippen LogP contribution in [0.5, 0.6) is 0 Å². The fourth-order valence-electron chi connectivity index (χ4n) is 3.57. The fourth-order valence-corrected chi connectivity index (χ4v) is 3.57. The van der Waals surface area contributed by atoms with Crippen molar-refractivity contribution in [1.82, 2.24) is 20.0 Å². The molecule has 1 aromatic heterocycles. The summed E-state index contributed by atoms with van der Waals surface area (Å²) >= 11 is 0. The normalized spacial score (nSPS) is 13.2. The largest absolute Gasteiger partial charge is 0.420 e. The quantitative estimate of drug-likeness (QED) is 0.358. The zero-order valence-electron chi connectivity index (χ0n) is 19.9. The number of carbonyl (C=O) groups excluding carboxylic acids is 2. The van der Waals surface area contributed by atoms with Crippen molar-refractivity contribution < 1.29 is 41.0 Å². The summed E-state index contributed by atoms with van der Waals surface area (Å²) in [5.74, 6) is -6.13. The molecule has 8 nitrogen and oxygen atoms in total. The number of aromatic nitrogens is 2. The van der Waals surface area contributed by atoms with Gasteiger partial charge in [-0.1, -0.05) is 13.0 Å². The summed E-state index contributed by atoms with van der Waals surface area (Å²) in [4.78, 5) is 25.9. The van der Waals surface area contributed by atoms with Crippen molar-refractivity contribution in [2.45, 2.75) is 25.1 Å². The summed E-state index contributed by atoms with van der Waals surface area (Å²) < 4.78 is 83.8. The van der Waals surface area contributed by atoms with E-state index in [1.807, 2.05) is 5.32 Å². The Morgan fingerprint density at radius 3 is 2.34 bits per heavy atom. The topological polar surface area (TPSA) is 113 Å². The lowest BCUT2D eigenvalue weighted by atomic mass is 10.0. The molecule has 1 heterocycles. The van der Waals surface area contributed by atoms with Crippen LogP contribution in [0.25, 0.3) is 5.69 Å². The molecule has 0 fully saturated rings. The molecule has 14 heteroatoms. The van der Waals surface area contributed by atoms with Gasteiger partial charge in [-0.25, -0.2) is 17.9 Å². The first kappa shape index (κ1) is 28.5. The first-order valence-electron chi connectivity index (χ1n) is 11.2. The first-order valence-corrected chi connectivity index (χ1v) is 11.2. The van der Waals surface area contributed by atoms with Gasteiger partial charge < -0.3 is 21.1 Å². The summed E-state index contributed by atoms with van der Waals surface area (Å²) in [6, 6.07) is 7.49. The van der Waals surface area contributed by atoms with E-state index in [0.717, 1.165) is 41.2 Å². The smallest absolute Gasteiger partial charge is 0.383 e. The molecule has 0 radical (unpaired) electrons. The van der Waals surface area contributed by atoms with Crippen molar-refractivity contribution in [1.29, 1.82) is 0 Å². The minimum Gasteiger partial charge on any atom is -0.383 e. The summed E-state index contributed by atoms with van der Waals surface area (Å²) in [7, 11) is 0. The Morgan fingerprint density at radius 1 is 1.08 bits per heavy atom. The number of anilines is 1. The Balaban J connectivity index is 1.82. The van der Waals surface area contributed by atoms with Crippen LogP contribution < -0.4 is 11.1 Å². The number of hydrogen-bond acceptors (Lipinski definition) is 5. The first-order chi connectivity index (χ1) is 17.8. The number of amides is 2. The number of nitrogens with two attached hydrogens (primary N) is 1. The number of halogens is 6.